The van der Waals surface area contributed by atoms with E-state index in [2.05, 4.69) is 20.8 Å². The smallest absolute Gasteiger partial charge is 0.340 e. The molecule has 2 rings (SSSR count). The van der Waals surface area contributed by atoms with E-state index >= 15 is 0 Å². The zero-order chi connectivity index (χ0) is 14.0. The molecule has 0 aliphatic heterocycles. The summed E-state index contributed by atoms with van der Waals surface area (Å²) >= 11 is 3.51. The van der Waals surface area contributed by atoms with Crippen LogP contribution in [0.1, 0.15) is 29.6 Å². The molecule has 1 aliphatic rings. The molecule has 0 aromatic heterocycles. The second-order valence-corrected chi connectivity index (χ2v) is 5.91. The monoisotopic (exact) mass is 326 g/mol. The molecule has 0 atom stereocenters. The molecule has 1 aromatic rings. The van der Waals surface area contributed by atoms with E-state index in [0.29, 0.717) is 11.3 Å². The summed E-state index contributed by atoms with van der Waals surface area (Å²) in [6.07, 6.45) is 3.91. The number of hydrogen-bond acceptors (Lipinski definition) is 4. The molecule has 1 saturated carbocycles. The highest BCUT2D eigenvalue weighted by atomic mass is 79.9. The fourth-order valence-electron chi connectivity index (χ4n) is 2.32. The van der Waals surface area contributed by atoms with Gasteiger partial charge in [0.2, 0.25) is 0 Å². The Morgan fingerprint density at radius 1 is 1.53 bits per heavy atom. The number of methoxy groups -OCH3 is 1. The van der Waals surface area contributed by atoms with Crippen molar-refractivity contribution in [2.75, 3.05) is 31.3 Å². The number of carbonyl (C=O) groups excluding carboxylic acids is 1. The topological polar surface area (TPSA) is 55.6 Å². The van der Waals surface area contributed by atoms with Gasteiger partial charge in [-0.2, -0.15) is 0 Å². The number of benzene rings is 1. The molecule has 4 nitrogen and oxygen atoms in total. The Labute approximate surface area is 122 Å². The maximum atomic E-state index is 11.7. The lowest BCUT2D eigenvalue weighted by Crippen LogP contribution is -2.29. The number of anilines is 2. The molecule has 104 valence electrons. The third-order valence-corrected chi connectivity index (χ3v) is 4.33. The van der Waals surface area contributed by atoms with Gasteiger partial charge in [0.05, 0.1) is 18.4 Å². The van der Waals surface area contributed by atoms with Gasteiger partial charge in [0, 0.05) is 23.8 Å². The fourth-order valence-corrected chi connectivity index (χ4v) is 2.98. The van der Waals surface area contributed by atoms with E-state index in [-0.39, 0.29) is 0 Å². The van der Waals surface area contributed by atoms with Gasteiger partial charge in [-0.15, -0.1) is 0 Å². The minimum absolute atomic E-state index is 0.400. The average molecular weight is 327 g/mol. The molecule has 0 saturated heterocycles. The first-order valence-electron chi connectivity index (χ1n) is 6.41. The van der Waals surface area contributed by atoms with Crippen LogP contribution in [0.3, 0.4) is 0 Å². The van der Waals surface area contributed by atoms with E-state index in [1.165, 1.54) is 26.4 Å². The Morgan fingerprint density at radius 3 is 2.74 bits per heavy atom. The standard InChI is InChI=1S/C14H19BrN2O2/c1-17(8-9-4-3-5-9)13-6-10(14(18)19-2)12(16)7-11(13)15/h6-7,9H,3-5,8,16H2,1-2H3. The van der Waals surface area contributed by atoms with Crippen LogP contribution < -0.4 is 10.6 Å². The van der Waals surface area contributed by atoms with Crippen molar-refractivity contribution in [2.45, 2.75) is 19.3 Å². The van der Waals surface area contributed by atoms with Crippen molar-refractivity contribution in [3.8, 4) is 0 Å². The number of ether oxygens (including phenoxy) is 1. The molecular formula is C14H19BrN2O2. The summed E-state index contributed by atoms with van der Waals surface area (Å²) in [5.74, 6) is 0.360. The van der Waals surface area contributed by atoms with Crippen LogP contribution in [0, 0.1) is 5.92 Å². The van der Waals surface area contributed by atoms with Gasteiger partial charge in [-0.1, -0.05) is 6.42 Å². The van der Waals surface area contributed by atoms with Gasteiger partial charge >= 0.3 is 5.97 Å². The summed E-state index contributed by atoms with van der Waals surface area (Å²) in [7, 11) is 3.40. The molecule has 0 heterocycles. The zero-order valence-corrected chi connectivity index (χ0v) is 12.9. The van der Waals surface area contributed by atoms with E-state index < -0.39 is 5.97 Å². The second-order valence-electron chi connectivity index (χ2n) is 5.06. The lowest BCUT2D eigenvalue weighted by atomic mass is 9.85. The van der Waals surface area contributed by atoms with E-state index in [9.17, 15) is 4.79 Å². The van der Waals surface area contributed by atoms with Crippen LogP contribution >= 0.6 is 15.9 Å². The molecule has 0 bridgehead atoms. The van der Waals surface area contributed by atoms with Crippen LogP contribution in [-0.2, 0) is 4.74 Å². The lowest BCUT2D eigenvalue weighted by molar-refractivity contribution is 0.0602. The Bertz CT molecular complexity index is 487. The molecule has 5 heteroatoms. The normalized spacial score (nSPS) is 14.9. The quantitative estimate of drug-likeness (QED) is 0.682. The first-order valence-corrected chi connectivity index (χ1v) is 7.20. The maximum absolute atomic E-state index is 11.7. The summed E-state index contributed by atoms with van der Waals surface area (Å²) in [5, 5.41) is 0. The SMILES string of the molecule is COC(=O)c1cc(N(C)CC2CCC2)c(Br)cc1N. The molecule has 0 unspecified atom stereocenters. The Hall–Kier alpha value is -1.23. The Morgan fingerprint density at radius 2 is 2.21 bits per heavy atom. The van der Waals surface area contributed by atoms with Crippen LogP contribution in [-0.4, -0.2) is 26.7 Å². The minimum Gasteiger partial charge on any atom is -0.465 e. The average Bonchev–Trinajstić information content (AvgIpc) is 2.32. The van der Waals surface area contributed by atoms with Gasteiger partial charge in [0.25, 0.3) is 0 Å². The number of nitrogens with zero attached hydrogens (tertiary/aromatic N) is 1. The second kappa shape index (κ2) is 5.82. The molecule has 1 aromatic carbocycles. The summed E-state index contributed by atoms with van der Waals surface area (Å²) < 4.78 is 5.65. The van der Waals surface area contributed by atoms with Gasteiger partial charge in [0.1, 0.15) is 0 Å². The molecule has 0 spiro atoms. The molecule has 1 fully saturated rings. The van der Waals surface area contributed by atoms with Crippen molar-refractivity contribution in [1.82, 2.24) is 0 Å². The Kier molecular flexibility index (Phi) is 4.34. The molecule has 1 aliphatic carbocycles. The van der Waals surface area contributed by atoms with Gasteiger partial charge in [-0.3, -0.25) is 0 Å². The molecule has 0 amide bonds. The van der Waals surface area contributed by atoms with Crippen LogP contribution in [0.15, 0.2) is 16.6 Å². The van der Waals surface area contributed by atoms with E-state index in [1.54, 1.807) is 12.1 Å². The van der Waals surface area contributed by atoms with Crippen LogP contribution in [0.5, 0.6) is 0 Å². The van der Waals surface area contributed by atoms with Crippen molar-refractivity contribution in [3.63, 3.8) is 0 Å². The highest BCUT2D eigenvalue weighted by molar-refractivity contribution is 9.10. The number of carbonyl (C=O) groups is 1. The van der Waals surface area contributed by atoms with Gasteiger partial charge in [-0.25, -0.2) is 4.79 Å². The molecule has 19 heavy (non-hydrogen) atoms. The van der Waals surface area contributed by atoms with Crippen molar-refractivity contribution >= 4 is 33.3 Å². The predicted octanol–water partition coefficient (Wildman–Crippen LogP) is 3.05. The van der Waals surface area contributed by atoms with E-state index in [1.807, 2.05) is 7.05 Å². The third-order valence-electron chi connectivity index (χ3n) is 3.69. The number of rotatable bonds is 4. The third kappa shape index (κ3) is 3.03. The van der Waals surface area contributed by atoms with Crippen molar-refractivity contribution in [3.05, 3.63) is 22.2 Å². The first-order chi connectivity index (χ1) is 9.02. The lowest BCUT2D eigenvalue weighted by Gasteiger charge is -2.32. The zero-order valence-electron chi connectivity index (χ0n) is 11.3. The minimum atomic E-state index is -0.400. The Balaban J connectivity index is 2.25. The number of esters is 1. The van der Waals surface area contributed by atoms with Gasteiger partial charge in [0.15, 0.2) is 0 Å². The largest absolute Gasteiger partial charge is 0.465 e. The van der Waals surface area contributed by atoms with Gasteiger partial charge in [-0.05, 0) is 46.8 Å². The number of hydrogen-bond donors (Lipinski definition) is 1. The van der Waals surface area contributed by atoms with Gasteiger partial charge < -0.3 is 15.4 Å². The summed E-state index contributed by atoms with van der Waals surface area (Å²) in [5.41, 5.74) is 7.68. The highest BCUT2D eigenvalue weighted by Crippen LogP contribution is 2.34. The van der Waals surface area contributed by atoms with Crippen molar-refractivity contribution < 1.29 is 9.53 Å². The van der Waals surface area contributed by atoms with E-state index in [4.69, 9.17) is 10.5 Å². The van der Waals surface area contributed by atoms with E-state index in [0.717, 1.165) is 22.6 Å². The summed E-state index contributed by atoms with van der Waals surface area (Å²) in [6.45, 7) is 1.00. The van der Waals surface area contributed by atoms with Crippen LogP contribution in [0.2, 0.25) is 0 Å². The predicted molar refractivity (Wildman–Crippen MR) is 80.5 cm³/mol. The molecular weight excluding hydrogens is 308 g/mol. The molecule has 0 radical (unpaired) electrons. The first kappa shape index (κ1) is 14.2. The molecule has 2 N–H and O–H groups in total. The summed E-state index contributed by atoms with van der Waals surface area (Å²) in [6, 6.07) is 3.56. The van der Waals surface area contributed by atoms with Crippen molar-refractivity contribution in [1.29, 1.82) is 0 Å². The number of nitrogen functional groups attached to an aromatic ring is 1. The van der Waals surface area contributed by atoms with Crippen LogP contribution in [0.25, 0.3) is 0 Å². The van der Waals surface area contributed by atoms with Crippen LogP contribution in [0.4, 0.5) is 11.4 Å². The number of halogens is 1. The maximum Gasteiger partial charge on any atom is 0.340 e. The fraction of sp³-hybridized carbons (Fsp3) is 0.500. The van der Waals surface area contributed by atoms with Crippen molar-refractivity contribution in [2.24, 2.45) is 5.92 Å². The highest BCUT2D eigenvalue weighted by Gasteiger charge is 2.21. The summed E-state index contributed by atoms with van der Waals surface area (Å²) in [4.78, 5) is 13.8. The number of nitrogens with two attached hydrogens (primary N) is 1.